The Morgan fingerprint density at radius 3 is 1.73 bits per heavy atom. The number of benzene rings is 7. The zero-order chi connectivity index (χ0) is 26.2. The summed E-state index contributed by atoms with van der Waals surface area (Å²) in [4.78, 5) is 0. The summed E-state index contributed by atoms with van der Waals surface area (Å²) in [5, 5.41) is 10.7. The molecular formula is C38H22O2. The first-order valence-corrected chi connectivity index (χ1v) is 13.6. The topological polar surface area (TPSA) is 26.3 Å². The van der Waals surface area contributed by atoms with Crippen LogP contribution in [0.3, 0.4) is 0 Å². The number of rotatable bonds is 2. The van der Waals surface area contributed by atoms with Gasteiger partial charge >= 0.3 is 0 Å². The van der Waals surface area contributed by atoms with Gasteiger partial charge in [-0.05, 0) is 78.8 Å². The molecule has 0 aliphatic rings. The third kappa shape index (κ3) is 2.88. The van der Waals surface area contributed by atoms with Gasteiger partial charge in [-0.1, -0.05) is 103 Å². The fraction of sp³-hybridized carbons (Fsp3) is 0. The van der Waals surface area contributed by atoms with Gasteiger partial charge in [0.1, 0.15) is 16.7 Å². The Morgan fingerprint density at radius 2 is 0.975 bits per heavy atom. The van der Waals surface area contributed by atoms with E-state index in [9.17, 15) is 0 Å². The van der Waals surface area contributed by atoms with Crippen LogP contribution in [-0.2, 0) is 0 Å². The summed E-state index contributed by atoms with van der Waals surface area (Å²) in [5.41, 5.74) is 7.53. The van der Waals surface area contributed by atoms with Gasteiger partial charge in [0, 0.05) is 10.8 Å². The minimum Gasteiger partial charge on any atom is -0.464 e. The van der Waals surface area contributed by atoms with Crippen molar-refractivity contribution in [3.8, 4) is 22.3 Å². The average Bonchev–Trinajstić information content (AvgIpc) is 3.64. The Labute approximate surface area is 229 Å². The third-order valence-electron chi connectivity index (χ3n) is 8.35. The molecule has 0 N–H and O–H groups in total. The molecule has 0 fully saturated rings. The molecule has 2 heteroatoms. The number of hydrogen-bond donors (Lipinski definition) is 0. The summed E-state index contributed by atoms with van der Waals surface area (Å²) >= 11 is 0. The zero-order valence-electron chi connectivity index (χ0n) is 21.5. The highest BCUT2D eigenvalue weighted by atomic mass is 16.3. The highest BCUT2D eigenvalue weighted by molar-refractivity contribution is 6.27. The van der Waals surface area contributed by atoms with E-state index in [4.69, 9.17) is 8.83 Å². The molecule has 0 saturated heterocycles. The molecule has 0 saturated carbocycles. The van der Waals surface area contributed by atoms with Gasteiger partial charge in [0.2, 0.25) is 0 Å². The van der Waals surface area contributed by atoms with E-state index in [1.807, 2.05) is 12.1 Å². The molecule has 2 heterocycles. The summed E-state index contributed by atoms with van der Waals surface area (Å²) in [5.74, 6) is 0. The average molecular weight is 511 g/mol. The molecule has 0 amide bonds. The van der Waals surface area contributed by atoms with Crippen molar-refractivity contribution in [1.82, 2.24) is 0 Å². The van der Waals surface area contributed by atoms with Crippen LogP contribution >= 0.6 is 0 Å². The Kier molecular flexibility index (Phi) is 4.36. The van der Waals surface area contributed by atoms with Gasteiger partial charge in [-0.3, -0.25) is 0 Å². The van der Waals surface area contributed by atoms with Crippen LogP contribution in [0.2, 0.25) is 0 Å². The van der Waals surface area contributed by atoms with Gasteiger partial charge in [-0.15, -0.1) is 0 Å². The van der Waals surface area contributed by atoms with Gasteiger partial charge in [0.05, 0.1) is 11.6 Å². The number of fused-ring (bicyclic) bond motifs is 8. The predicted molar refractivity (Wildman–Crippen MR) is 167 cm³/mol. The molecule has 0 aliphatic heterocycles. The van der Waals surface area contributed by atoms with E-state index in [-0.39, 0.29) is 0 Å². The molecule has 186 valence electrons. The molecule has 9 aromatic rings. The lowest BCUT2D eigenvalue weighted by Gasteiger charge is -2.19. The van der Waals surface area contributed by atoms with E-state index in [0.717, 1.165) is 32.9 Å². The predicted octanol–water partition coefficient (Wildman–Crippen LogP) is 11.1. The molecule has 0 bridgehead atoms. The maximum absolute atomic E-state index is 6.49. The molecule has 9 rings (SSSR count). The second kappa shape index (κ2) is 8.08. The Morgan fingerprint density at radius 1 is 0.375 bits per heavy atom. The minimum absolute atomic E-state index is 0.837. The minimum atomic E-state index is 0.837. The van der Waals surface area contributed by atoms with Crippen LogP contribution in [0.25, 0.3) is 87.5 Å². The molecule has 40 heavy (non-hydrogen) atoms. The molecule has 0 spiro atoms. The summed E-state index contributed by atoms with van der Waals surface area (Å²) in [6.07, 6.45) is 1.73. The first-order chi connectivity index (χ1) is 19.9. The third-order valence-corrected chi connectivity index (χ3v) is 8.35. The summed E-state index contributed by atoms with van der Waals surface area (Å²) in [6.45, 7) is 0. The van der Waals surface area contributed by atoms with Gasteiger partial charge < -0.3 is 8.83 Å². The molecule has 0 radical (unpaired) electrons. The highest BCUT2D eigenvalue weighted by Crippen LogP contribution is 2.48. The number of furan rings is 2. The van der Waals surface area contributed by atoms with E-state index in [2.05, 4.69) is 115 Å². The van der Waals surface area contributed by atoms with Gasteiger partial charge in [-0.25, -0.2) is 0 Å². The SMILES string of the molecule is c1ccc2c(-c3c4ccccc4c(-c4cccc5oc6c7ccoc7ccc6c45)c4ccccc34)cccc2c1. The van der Waals surface area contributed by atoms with Crippen LogP contribution in [0.1, 0.15) is 0 Å². The fourth-order valence-corrected chi connectivity index (χ4v) is 6.69. The Hall–Kier alpha value is -5.34. The second-order valence-electron chi connectivity index (χ2n) is 10.4. The van der Waals surface area contributed by atoms with Crippen molar-refractivity contribution in [1.29, 1.82) is 0 Å². The molecular weight excluding hydrogens is 488 g/mol. The first-order valence-electron chi connectivity index (χ1n) is 13.6. The summed E-state index contributed by atoms with van der Waals surface area (Å²) in [7, 11) is 0. The van der Waals surface area contributed by atoms with Crippen molar-refractivity contribution in [2.45, 2.75) is 0 Å². The summed E-state index contributed by atoms with van der Waals surface area (Å²) in [6, 6.07) is 45.5. The van der Waals surface area contributed by atoms with Crippen LogP contribution in [0.5, 0.6) is 0 Å². The molecule has 2 nitrogen and oxygen atoms in total. The number of hydrogen-bond acceptors (Lipinski definition) is 2. The lowest BCUT2D eigenvalue weighted by atomic mass is 9.84. The van der Waals surface area contributed by atoms with Gasteiger partial charge in [0.15, 0.2) is 0 Å². The van der Waals surface area contributed by atoms with Crippen LogP contribution in [0.4, 0.5) is 0 Å². The van der Waals surface area contributed by atoms with Crippen molar-refractivity contribution in [2.75, 3.05) is 0 Å². The van der Waals surface area contributed by atoms with Crippen LogP contribution in [-0.4, -0.2) is 0 Å². The van der Waals surface area contributed by atoms with E-state index >= 15 is 0 Å². The van der Waals surface area contributed by atoms with Gasteiger partial charge in [-0.2, -0.15) is 0 Å². The van der Waals surface area contributed by atoms with E-state index in [0.29, 0.717) is 0 Å². The van der Waals surface area contributed by atoms with Gasteiger partial charge in [0.25, 0.3) is 0 Å². The Balaban J connectivity index is 1.47. The van der Waals surface area contributed by atoms with Crippen molar-refractivity contribution in [2.24, 2.45) is 0 Å². The maximum Gasteiger partial charge on any atom is 0.146 e. The zero-order valence-corrected chi connectivity index (χ0v) is 21.5. The van der Waals surface area contributed by atoms with Crippen molar-refractivity contribution in [3.05, 3.63) is 134 Å². The smallest absolute Gasteiger partial charge is 0.146 e. The standard InChI is InChI=1S/C38H22O2/c1-2-11-24-23(9-1)10-7-16-25(24)35-26-12-3-5-14-28(26)36(29-15-6-4-13-27(29)35)31-17-8-18-34-37(31)32-19-20-33-30(21-22-39-33)38(32)40-34/h1-22H. The van der Waals surface area contributed by atoms with Crippen LogP contribution in [0, 0.1) is 0 Å². The quantitative estimate of drug-likeness (QED) is 0.216. The highest BCUT2D eigenvalue weighted by Gasteiger charge is 2.21. The normalized spacial score (nSPS) is 12.0. The first kappa shape index (κ1) is 21.6. The van der Waals surface area contributed by atoms with Crippen LogP contribution < -0.4 is 0 Å². The van der Waals surface area contributed by atoms with E-state index in [1.54, 1.807) is 6.26 Å². The molecule has 7 aromatic carbocycles. The second-order valence-corrected chi connectivity index (χ2v) is 10.4. The molecule has 0 aliphatic carbocycles. The van der Waals surface area contributed by atoms with Crippen molar-refractivity contribution >= 4 is 65.2 Å². The van der Waals surface area contributed by atoms with Crippen LogP contribution in [0.15, 0.2) is 142 Å². The van der Waals surface area contributed by atoms with E-state index < -0.39 is 0 Å². The fourth-order valence-electron chi connectivity index (χ4n) is 6.69. The largest absolute Gasteiger partial charge is 0.464 e. The molecule has 2 aromatic heterocycles. The Bertz CT molecular complexity index is 2370. The van der Waals surface area contributed by atoms with Crippen molar-refractivity contribution in [3.63, 3.8) is 0 Å². The molecule has 0 atom stereocenters. The lowest BCUT2D eigenvalue weighted by molar-refractivity contribution is 0.615. The van der Waals surface area contributed by atoms with E-state index in [1.165, 1.54) is 54.6 Å². The molecule has 0 unspecified atom stereocenters. The maximum atomic E-state index is 6.49. The van der Waals surface area contributed by atoms with Crippen molar-refractivity contribution < 1.29 is 8.83 Å². The summed E-state index contributed by atoms with van der Waals surface area (Å²) < 4.78 is 12.2. The lowest BCUT2D eigenvalue weighted by Crippen LogP contribution is -1.92. The monoisotopic (exact) mass is 510 g/mol.